The minimum Gasteiger partial charge on any atom is -0.457 e. The highest BCUT2D eigenvalue weighted by Gasteiger charge is 2.42. The maximum absolute atomic E-state index is 6.57. The standard InChI is InChI=1S/C50H51NO/c1-3-5-7-16-32-50(33-17-8-6-4-2)46-22-14-13-21-44(46)45-31-30-42(35-47(45)50)51(41-27-24-38(25-28-41)37-18-10-9-11-19-37)43-29-26-40-34-39-20-12-15-23-48(39)52-49(40)36-43/h9-15,18-31,35-36H,3-8,16-17,32-34H2,1-2H3. The molecular formula is C50H51NO. The van der Waals surface area contributed by atoms with Gasteiger partial charge in [-0.1, -0.05) is 162 Å². The number of para-hydroxylation sites is 1. The Balaban J connectivity index is 1.25. The largest absolute Gasteiger partial charge is 0.457 e. The van der Waals surface area contributed by atoms with Crippen LogP contribution < -0.4 is 9.64 Å². The van der Waals surface area contributed by atoms with Crippen LogP contribution in [0.25, 0.3) is 22.3 Å². The van der Waals surface area contributed by atoms with Crippen molar-refractivity contribution in [2.75, 3.05) is 4.90 Å². The fraction of sp³-hybridized carbons (Fsp3) is 0.280. The number of ether oxygens (including phenoxy) is 1. The maximum atomic E-state index is 6.57. The number of hydrogen-bond acceptors (Lipinski definition) is 2. The predicted octanol–water partition coefficient (Wildman–Crippen LogP) is 14.7. The predicted molar refractivity (Wildman–Crippen MR) is 220 cm³/mol. The average Bonchev–Trinajstić information content (AvgIpc) is 3.47. The van der Waals surface area contributed by atoms with E-state index in [9.17, 15) is 0 Å². The highest BCUT2D eigenvalue weighted by atomic mass is 16.5. The van der Waals surface area contributed by atoms with Gasteiger partial charge in [0.1, 0.15) is 11.5 Å². The molecule has 0 bridgehead atoms. The van der Waals surface area contributed by atoms with Crippen LogP contribution in [0.1, 0.15) is 100 Å². The first kappa shape index (κ1) is 34.0. The third kappa shape index (κ3) is 6.56. The molecule has 6 aromatic rings. The second-order valence-corrected chi connectivity index (χ2v) is 14.9. The zero-order valence-corrected chi connectivity index (χ0v) is 30.9. The molecule has 0 N–H and O–H groups in total. The lowest BCUT2D eigenvalue weighted by Gasteiger charge is -2.34. The molecular weight excluding hydrogens is 631 g/mol. The van der Waals surface area contributed by atoms with E-state index in [1.165, 1.54) is 114 Å². The summed E-state index contributed by atoms with van der Waals surface area (Å²) in [6.45, 7) is 4.64. The Bertz CT molecular complexity index is 2120. The Kier molecular flexibility index (Phi) is 9.99. The van der Waals surface area contributed by atoms with Gasteiger partial charge in [-0.05, 0) is 93.7 Å². The number of rotatable bonds is 14. The molecule has 8 rings (SSSR count). The molecule has 0 fully saturated rings. The lowest BCUT2D eigenvalue weighted by molar-refractivity contribution is 0.401. The fourth-order valence-electron chi connectivity index (χ4n) is 8.83. The molecule has 1 aliphatic heterocycles. The van der Waals surface area contributed by atoms with Crippen LogP contribution in [0, 0.1) is 0 Å². The lowest BCUT2D eigenvalue weighted by atomic mass is 9.70. The van der Waals surface area contributed by atoms with Crippen molar-refractivity contribution in [3.8, 4) is 33.8 Å². The first-order valence-corrected chi connectivity index (χ1v) is 19.8. The van der Waals surface area contributed by atoms with Crippen LogP contribution in [0.3, 0.4) is 0 Å². The SMILES string of the molecule is CCCCCCC1(CCCCCC)c2ccccc2-c2ccc(N(c3ccc(-c4ccccc4)cc3)c3ccc4c(c3)Oc3ccccc3C4)cc21. The third-order valence-electron chi connectivity index (χ3n) is 11.5. The van der Waals surface area contributed by atoms with Gasteiger partial charge in [-0.3, -0.25) is 0 Å². The van der Waals surface area contributed by atoms with Gasteiger partial charge in [0, 0.05) is 35.0 Å². The zero-order valence-electron chi connectivity index (χ0n) is 30.9. The van der Waals surface area contributed by atoms with E-state index in [2.05, 4.69) is 158 Å². The number of unbranched alkanes of at least 4 members (excludes halogenated alkanes) is 6. The van der Waals surface area contributed by atoms with E-state index in [1.54, 1.807) is 0 Å². The first-order valence-electron chi connectivity index (χ1n) is 19.8. The molecule has 2 heteroatoms. The van der Waals surface area contributed by atoms with Gasteiger partial charge < -0.3 is 9.64 Å². The first-order chi connectivity index (χ1) is 25.7. The molecule has 52 heavy (non-hydrogen) atoms. The molecule has 2 aliphatic rings. The smallest absolute Gasteiger partial charge is 0.133 e. The summed E-state index contributed by atoms with van der Waals surface area (Å²) in [4.78, 5) is 2.45. The van der Waals surface area contributed by atoms with Gasteiger partial charge in [-0.25, -0.2) is 0 Å². The van der Waals surface area contributed by atoms with Gasteiger partial charge in [0.05, 0.1) is 0 Å². The zero-order chi connectivity index (χ0) is 35.3. The second-order valence-electron chi connectivity index (χ2n) is 14.9. The van der Waals surface area contributed by atoms with Crippen LogP contribution in [0.2, 0.25) is 0 Å². The molecule has 0 saturated carbocycles. The molecule has 2 nitrogen and oxygen atoms in total. The van der Waals surface area contributed by atoms with Crippen molar-refractivity contribution < 1.29 is 4.74 Å². The molecule has 6 aromatic carbocycles. The number of nitrogens with zero attached hydrogens (tertiary/aromatic N) is 1. The molecule has 0 amide bonds. The summed E-state index contributed by atoms with van der Waals surface area (Å²) in [5, 5.41) is 0. The number of benzene rings is 6. The molecule has 0 unspecified atom stereocenters. The number of fused-ring (bicyclic) bond motifs is 5. The van der Waals surface area contributed by atoms with Crippen LogP contribution in [-0.4, -0.2) is 0 Å². The summed E-state index contributed by atoms with van der Waals surface area (Å²) in [7, 11) is 0. The molecule has 0 spiro atoms. The summed E-state index contributed by atoms with van der Waals surface area (Å²) in [6, 6.07) is 51.6. The average molecular weight is 682 g/mol. The molecule has 0 atom stereocenters. The highest BCUT2D eigenvalue weighted by molar-refractivity contribution is 5.86. The summed E-state index contributed by atoms with van der Waals surface area (Å²) in [6.07, 6.45) is 13.5. The summed E-state index contributed by atoms with van der Waals surface area (Å²) < 4.78 is 6.57. The molecule has 0 radical (unpaired) electrons. The molecule has 262 valence electrons. The van der Waals surface area contributed by atoms with Gasteiger partial charge in [0.15, 0.2) is 0 Å². The van der Waals surface area contributed by atoms with E-state index in [-0.39, 0.29) is 5.41 Å². The molecule has 1 aliphatic carbocycles. The Labute approximate surface area is 311 Å². The molecule has 0 aromatic heterocycles. The van der Waals surface area contributed by atoms with Crippen LogP contribution in [0.5, 0.6) is 11.5 Å². The minimum absolute atomic E-state index is 0.0227. The van der Waals surface area contributed by atoms with Gasteiger partial charge >= 0.3 is 0 Å². The van der Waals surface area contributed by atoms with Crippen molar-refractivity contribution in [3.63, 3.8) is 0 Å². The Hall–Kier alpha value is -5.08. The fourth-order valence-corrected chi connectivity index (χ4v) is 8.83. The van der Waals surface area contributed by atoms with Crippen LogP contribution >= 0.6 is 0 Å². The monoisotopic (exact) mass is 681 g/mol. The molecule has 0 saturated heterocycles. The number of anilines is 3. The van der Waals surface area contributed by atoms with E-state index in [0.29, 0.717) is 0 Å². The van der Waals surface area contributed by atoms with Gasteiger partial charge in [-0.15, -0.1) is 0 Å². The van der Waals surface area contributed by atoms with Crippen LogP contribution in [-0.2, 0) is 11.8 Å². The Morgan fingerprint density at radius 3 is 1.85 bits per heavy atom. The van der Waals surface area contributed by atoms with E-state index < -0.39 is 0 Å². The summed E-state index contributed by atoms with van der Waals surface area (Å²) in [5.74, 6) is 1.90. The maximum Gasteiger partial charge on any atom is 0.133 e. The van der Waals surface area contributed by atoms with Gasteiger partial charge in [-0.2, -0.15) is 0 Å². The second kappa shape index (κ2) is 15.3. The van der Waals surface area contributed by atoms with E-state index in [4.69, 9.17) is 4.74 Å². The topological polar surface area (TPSA) is 12.5 Å². The highest BCUT2D eigenvalue weighted by Crippen LogP contribution is 2.56. The van der Waals surface area contributed by atoms with Crippen molar-refractivity contribution >= 4 is 17.1 Å². The number of hydrogen-bond donors (Lipinski definition) is 0. The van der Waals surface area contributed by atoms with Crippen LogP contribution in [0.4, 0.5) is 17.1 Å². The van der Waals surface area contributed by atoms with Crippen molar-refractivity contribution in [1.82, 2.24) is 0 Å². The van der Waals surface area contributed by atoms with Gasteiger partial charge in [0.2, 0.25) is 0 Å². The summed E-state index contributed by atoms with van der Waals surface area (Å²) >= 11 is 0. The van der Waals surface area contributed by atoms with Crippen molar-refractivity contribution in [2.45, 2.75) is 89.9 Å². The third-order valence-corrected chi connectivity index (χ3v) is 11.5. The van der Waals surface area contributed by atoms with Crippen molar-refractivity contribution in [2.24, 2.45) is 0 Å². The Morgan fingerprint density at radius 1 is 0.481 bits per heavy atom. The van der Waals surface area contributed by atoms with Crippen molar-refractivity contribution in [3.05, 3.63) is 162 Å². The summed E-state index contributed by atoms with van der Waals surface area (Å²) in [5.41, 5.74) is 14.3. The van der Waals surface area contributed by atoms with E-state index >= 15 is 0 Å². The quantitative estimate of drug-likeness (QED) is 0.106. The molecule has 1 heterocycles. The minimum atomic E-state index is 0.0227. The van der Waals surface area contributed by atoms with Crippen molar-refractivity contribution in [1.29, 1.82) is 0 Å². The lowest BCUT2D eigenvalue weighted by Crippen LogP contribution is -2.26. The van der Waals surface area contributed by atoms with E-state index in [1.807, 2.05) is 0 Å². The normalized spacial score (nSPS) is 13.4. The van der Waals surface area contributed by atoms with E-state index in [0.717, 1.165) is 29.3 Å². The Morgan fingerprint density at radius 2 is 1.08 bits per heavy atom. The van der Waals surface area contributed by atoms with Crippen LogP contribution in [0.15, 0.2) is 140 Å². The van der Waals surface area contributed by atoms with Gasteiger partial charge in [0.25, 0.3) is 0 Å².